The summed E-state index contributed by atoms with van der Waals surface area (Å²) in [5.74, 6) is 1.26. The Kier molecular flexibility index (Phi) is 3.52. The fourth-order valence-corrected chi connectivity index (χ4v) is 1.86. The molecule has 1 heterocycles. The first kappa shape index (κ1) is 12.9. The second kappa shape index (κ2) is 5.46. The highest BCUT2D eigenvalue weighted by Gasteiger charge is 2.23. The van der Waals surface area contributed by atoms with E-state index in [-0.39, 0.29) is 0 Å². The van der Waals surface area contributed by atoms with Gasteiger partial charge in [-0.3, -0.25) is 0 Å². The lowest BCUT2D eigenvalue weighted by molar-refractivity contribution is 0.213. The van der Waals surface area contributed by atoms with E-state index in [1.54, 1.807) is 12.1 Å². The van der Waals surface area contributed by atoms with Crippen molar-refractivity contribution < 1.29 is 14.6 Å². The minimum atomic E-state index is -0.802. The van der Waals surface area contributed by atoms with Crippen LogP contribution in [-0.4, -0.2) is 28.5 Å². The van der Waals surface area contributed by atoms with Crippen molar-refractivity contribution in [1.29, 1.82) is 0 Å². The molecule has 5 nitrogen and oxygen atoms in total. The van der Waals surface area contributed by atoms with Crippen molar-refractivity contribution in [3.63, 3.8) is 0 Å². The fraction of sp³-hybridized carbons (Fsp3) is 0.333. The van der Waals surface area contributed by atoms with Gasteiger partial charge in [0.1, 0.15) is 11.9 Å². The summed E-state index contributed by atoms with van der Waals surface area (Å²) in [5.41, 5.74) is 1.24. The van der Waals surface area contributed by atoms with Gasteiger partial charge in [-0.05, 0) is 36.6 Å². The molecule has 0 spiro atoms. The highest BCUT2D eigenvalue weighted by atomic mass is 16.5. The lowest BCUT2D eigenvalue weighted by Gasteiger charge is -2.11. The molecule has 0 amide bonds. The van der Waals surface area contributed by atoms with Crippen LogP contribution in [0.1, 0.15) is 30.2 Å². The van der Waals surface area contributed by atoms with E-state index < -0.39 is 6.10 Å². The highest BCUT2D eigenvalue weighted by molar-refractivity contribution is 5.32. The minimum Gasteiger partial charge on any atom is -0.490 e. The predicted octanol–water partition coefficient (Wildman–Crippen LogP) is 2.11. The van der Waals surface area contributed by atoms with Gasteiger partial charge in [0.15, 0.2) is 0 Å². The smallest absolute Gasteiger partial charge is 0.233 e. The van der Waals surface area contributed by atoms with Crippen molar-refractivity contribution in [2.45, 2.75) is 25.0 Å². The predicted molar refractivity (Wildman–Crippen MR) is 72.7 cm³/mol. The van der Waals surface area contributed by atoms with E-state index in [1.807, 2.05) is 24.3 Å². The number of aliphatic hydroxyl groups is 1. The maximum atomic E-state index is 10.3. The van der Waals surface area contributed by atoms with E-state index in [9.17, 15) is 5.11 Å². The number of rotatable bonds is 5. The van der Waals surface area contributed by atoms with Crippen LogP contribution in [0, 0.1) is 0 Å². The van der Waals surface area contributed by atoms with Crippen LogP contribution in [0.15, 0.2) is 36.4 Å². The van der Waals surface area contributed by atoms with Crippen molar-refractivity contribution in [3.8, 4) is 11.6 Å². The van der Waals surface area contributed by atoms with Crippen LogP contribution >= 0.6 is 0 Å². The van der Waals surface area contributed by atoms with Gasteiger partial charge < -0.3 is 14.6 Å². The Morgan fingerprint density at radius 2 is 1.85 bits per heavy atom. The molecule has 1 saturated carbocycles. The Morgan fingerprint density at radius 3 is 2.40 bits per heavy atom. The highest BCUT2D eigenvalue weighted by Crippen LogP contribution is 2.28. The van der Waals surface area contributed by atoms with Gasteiger partial charge in [0.25, 0.3) is 0 Å². The molecule has 1 fully saturated rings. The van der Waals surface area contributed by atoms with Crippen LogP contribution in [0.25, 0.3) is 0 Å². The molecule has 1 atom stereocenters. The first-order valence-corrected chi connectivity index (χ1v) is 6.58. The second-order valence-corrected chi connectivity index (χ2v) is 4.79. The van der Waals surface area contributed by atoms with Gasteiger partial charge in [-0.25, -0.2) is 0 Å². The first-order valence-electron chi connectivity index (χ1n) is 6.58. The molecule has 1 N–H and O–H groups in total. The van der Waals surface area contributed by atoms with Gasteiger partial charge in [0, 0.05) is 6.07 Å². The van der Waals surface area contributed by atoms with E-state index in [0.717, 1.165) is 24.2 Å². The van der Waals surface area contributed by atoms with Crippen LogP contribution < -0.4 is 9.47 Å². The van der Waals surface area contributed by atoms with E-state index in [0.29, 0.717) is 17.7 Å². The van der Waals surface area contributed by atoms with Crippen LogP contribution in [-0.2, 0) is 0 Å². The summed E-state index contributed by atoms with van der Waals surface area (Å²) in [6.45, 7) is 0. The summed E-state index contributed by atoms with van der Waals surface area (Å²) in [7, 11) is 1.53. The lowest BCUT2D eigenvalue weighted by atomic mass is 10.1. The summed E-state index contributed by atoms with van der Waals surface area (Å²) in [6, 6.07) is 10.8. The monoisotopic (exact) mass is 272 g/mol. The molecule has 0 bridgehead atoms. The summed E-state index contributed by atoms with van der Waals surface area (Å²) in [4.78, 5) is 0. The number of aliphatic hydroxyl groups excluding tert-OH is 1. The maximum Gasteiger partial charge on any atom is 0.233 e. The van der Waals surface area contributed by atoms with Crippen molar-refractivity contribution >= 4 is 0 Å². The summed E-state index contributed by atoms with van der Waals surface area (Å²) in [5, 5.41) is 18.1. The maximum absolute atomic E-state index is 10.3. The van der Waals surface area contributed by atoms with Crippen molar-refractivity contribution in [3.05, 3.63) is 47.7 Å². The van der Waals surface area contributed by atoms with Crippen LogP contribution in [0.5, 0.6) is 11.6 Å². The minimum absolute atomic E-state index is 0.373. The Labute approximate surface area is 117 Å². The van der Waals surface area contributed by atoms with Crippen molar-refractivity contribution in [1.82, 2.24) is 10.2 Å². The molecule has 1 aliphatic rings. The number of ether oxygens (including phenoxy) is 2. The molecule has 1 aliphatic carbocycles. The molecule has 1 unspecified atom stereocenters. The normalized spacial score (nSPS) is 15.7. The average molecular weight is 272 g/mol. The lowest BCUT2D eigenvalue weighted by Crippen LogP contribution is -2.04. The fourth-order valence-electron chi connectivity index (χ4n) is 1.86. The Bertz CT molecular complexity index is 565. The van der Waals surface area contributed by atoms with Crippen LogP contribution in [0.2, 0.25) is 0 Å². The van der Waals surface area contributed by atoms with Gasteiger partial charge in [-0.2, -0.15) is 0 Å². The third kappa shape index (κ3) is 2.88. The van der Waals surface area contributed by atoms with Gasteiger partial charge >= 0.3 is 0 Å². The molecule has 1 aromatic carbocycles. The number of nitrogens with zero attached hydrogens (tertiary/aromatic N) is 2. The largest absolute Gasteiger partial charge is 0.490 e. The molecule has 5 heteroatoms. The molecule has 1 aromatic heterocycles. The van der Waals surface area contributed by atoms with Crippen molar-refractivity contribution in [2.24, 2.45) is 0 Å². The average Bonchev–Trinajstić information content (AvgIpc) is 3.31. The summed E-state index contributed by atoms with van der Waals surface area (Å²) < 4.78 is 10.6. The number of aromatic nitrogens is 2. The molecule has 3 rings (SSSR count). The topological polar surface area (TPSA) is 64.5 Å². The Morgan fingerprint density at radius 1 is 1.10 bits per heavy atom. The van der Waals surface area contributed by atoms with Crippen LogP contribution in [0.3, 0.4) is 0 Å². The van der Waals surface area contributed by atoms with E-state index in [4.69, 9.17) is 9.47 Å². The third-order valence-electron chi connectivity index (χ3n) is 3.17. The van der Waals surface area contributed by atoms with Crippen molar-refractivity contribution in [2.75, 3.05) is 7.11 Å². The zero-order valence-corrected chi connectivity index (χ0v) is 11.2. The van der Waals surface area contributed by atoms with Gasteiger partial charge in [0.05, 0.1) is 18.9 Å². The molecule has 104 valence electrons. The zero-order valence-electron chi connectivity index (χ0n) is 11.2. The SMILES string of the molecule is COc1ccc(C(O)c2ccc(OC3CC3)cc2)nn1. The summed E-state index contributed by atoms with van der Waals surface area (Å²) in [6.07, 6.45) is 1.83. The molecule has 0 saturated heterocycles. The number of hydrogen-bond donors (Lipinski definition) is 1. The number of methoxy groups -OCH3 is 1. The van der Waals surface area contributed by atoms with Gasteiger partial charge in [-0.15, -0.1) is 10.2 Å². The van der Waals surface area contributed by atoms with Crippen LogP contribution in [0.4, 0.5) is 0 Å². The first-order chi connectivity index (χ1) is 9.76. The second-order valence-electron chi connectivity index (χ2n) is 4.79. The van der Waals surface area contributed by atoms with E-state index >= 15 is 0 Å². The van der Waals surface area contributed by atoms with Gasteiger partial charge in [-0.1, -0.05) is 12.1 Å². The quantitative estimate of drug-likeness (QED) is 0.903. The Hall–Kier alpha value is -2.14. The molecular weight excluding hydrogens is 256 g/mol. The van der Waals surface area contributed by atoms with E-state index in [2.05, 4.69) is 10.2 Å². The Balaban J connectivity index is 1.72. The molecule has 2 aromatic rings. The molecule has 0 radical (unpaired) electrons. The molecule has 20 heavy (non-hydrogen) atoms. The molecule has 0 aliphatic heterocycles. The summed E-state index contributed by atoms with van der Waals surface area (Å²) >= 11 is 0. The number of hydrogen-bond acceptors (Lipinski definition) is 5. The molecular formula is C15H16N2O3. The van der Waals surface area contributed by atoms with Gasteiger partial charge in [0.2, 0.25) is 5.88 Å². The number of benzene rings is 1. The zero-order chi connectivity index (χ0) is 13.9. The third-order valence-corrected chi connectivity index (χ3v) is 3.17. The van der Waals surface area contributed by atoms with E-state index in [1.165, 1.54) is 7.11 Å². The standard InChI is InChI=1S/C15H16N2O3/c1-19-14-9-8-13(16-17-14)15(18)10-2-4-11(5-3-10)20-12-6-7-12/h2-5,8-9,12,15,18H,6-7H2,1H3.